The van der Waals surface area contributed by atoms with E-state index in [0.29, 0.717) is 24.0 Å². The van der Waals surface area contributed by atoms with Crippen LogP contribution >= 0.6 is 24.0 Å². The molecule has 1 unspecified atom stereocenters. The van der Waals surface area contributed by atoms with E-state index in [1.54, 1.807) is 26.3 Å². The molecule has 1 fully saturated rings. The van der Waals surface area contributed by atoms with Gasteiger partial charge in [0.25, 0.3) is 0 Å². The normalized spacial score (nSPS) is 16.3. The Labute approximate surface area is 203 Å². The van der Waals surface area contributed by atoms with Gasteiger partial charge in [-0.1, -0.05) is 24.3 Å². The summed E-state index contributed by atoms with van der Waals surface area (Å²) in [5.41, 5.74) is 1.53. The van der Waals surface area contributed by atoms with Gasteiger partial charge in [0.2, 0.25) is 0 Å². The maximum Gasteiger partial charge on any atom is 0.573 e. The van der Waals surface area contributed by atoms with E-state index < -0.39 is 6.36 Å². The highest BCUT2D eigenvalue weighted by Gasteiger charge is 2.32. The monoisotopic (exact) mass is 564 g/mol. The third kappa shape index (κ3) is 7.64. The van der Waals surface area contributed by atoms with Crippen LogP contribution in [0.2, 0.25) is 0 Å². The Hall–Kier alpha value is -2.37. The van der Waals surface area contributed by atoms with Crippen LogP contribution in [0.25, 0.3) is 0 Å². The fraction of sp³-hybridized carbons (Fsp3) is 0.409. The molecule has 0 bridgehead atoms. The number of hydrogen-bond acceptors (Lipinski definition) is 4. The Kier molecular flexibility index (Phi) is 9.73. The van der Waals surface area contributed by atoms with Gasteiger partial charge in [-0.05, 0) is 30.5 Å². The van der Waals surface area contributed by atoms with Crippen LogP contribution in [-0.4, -0.2) is 46.1 Å². The van der Waals surface area contributed by atoms with E-state index in [-0.39, 0.29) is 36.3 Å². The van der Waals surface area contributed by atoms with E-state index in [4.69, 9.17) is 4.74 Å². The molecule has 1 aliphatic heterocycles. The summed E-state index contributed by atoms with van der Waals surface area (Å²) in [6, 6.07) is 14.1. The average molecular weight is 564 g/mol. The van der Waals surface area contributed by atoms with E-state index in [9.17, 15) is 13.2 Å². The molecule has 0 aliphatic carbocycles. The number of methoxy groups -OCH3 is 1. The van der Waals surface area contributed by atoms with Crippen LogP contribution in [0, 0.1) is 5.92 Å². The van der Waals surface area contributed by atoms with Crippen molar-refractivity contribution in [3.8, 4) is 11.5 Å². The van der Waals surface area contributed by atoms with Gasteiger partial charge in [0.05, 0.1) is 7.11 Å². The van der Waals surface area contributed by atoms with Crippen LogP contribution in [0.1, 0.15) is 12.0 Å². The first kappa shape index (κ1) is 25.9. The predicted octanol–water partition coefficient (Wildman–Crippen LogP) is 4.40. The van der Waals surface area contributed by atoms with E-state index in [1.165, 1.54) is 12.1 Å². The maximum absolute atomic E-state index is 12.6. The number of ether oxygens (including phenoxy) is 2. The van der Waals surface area contributed by atoms with Crippen molar-refractivity contribution in [1.29, 1.82) is 0 Å². The average Bonchev–Trinajstić information content (AvgIpc) is 3.23. The van der Waals surface area contributed by atoms with Crippen molar-refractivity contribution in [2.75, 3.05) is 38.7 Å². The fourth-order valence-corrected chi connectivity index (χ4v) is 3.56. The van der Waals surface area contributed by atoms with Gasteiger partial charge >= 0.3 is 6.36 Å². The van der Waals surface area contributed by atoms with Gasteiger partial charge in [0, 0.05) is 50.5 Å². The predicted molar refractivity (Wildman–Crippen MR) is 130 cm³/mol. The van der Waals surface area contributed by atoms with Gasteiger partial charge in [0.1, 0.15) is 11.5 Å². The summed E-state index contributed by atoms with van der Waals surface area (Å²) in [4.78, 5) is 6.48. The van der Waals surface area contributed by atoms with Crippen LogP contribution in [0.15, 0.2) is 53.5 Å². The summed E-state index contributed by atoms with van der Waals surface area (Å²) < 4.78 is 47.2. The lowest BCUT2D eigenvalue weighted by atomic mass is 10.1. The largest absolute Gasteiger partial charge is 0.573 e. The summed E-state index contributed by atoms with van der Waals surface area (Å²) >= 11 is 0. The zero-order valence-corrected chi connectivity index (χ0v) is 20.3. The first-order valence-electron chi connectivity index (χ1n) is 10.0. The highest BCUT2D eigenvalue weighted by molar-refractivity contribution is 14.0. The quantitative estimate of drug-likeness (QED) is 0.297. The number of guanidine groups is 1. The number of aliphatic imine (C=N–C) groups is 1. The van der Waals surface area contributed by atoms with Gasteiger partial charge in [-0.15, -0.1) is 37.1 Å². The molecule has 1 atom stereocenters. The second-order valence-electron chi connectivity index (χ2n) is 7.26. The number of para-hydroxylation sites is 1. The zero-order valence-electron chi connectivity index (χ0n) is 18.0. The third-order valence-corrected chi connectivity index (χ3v) is 5.13. The summed E-state index contributed by atoms with van der Waals surface area (Å²) in [6.45, 7) is 2.72. The zero-order chi connectivity index (χ0) is 22.3. The van der Waals surface area contributed by atoms with E-state index >= 15 is 0 Å². The van der Waals surface area contributed by atoms with Crippen molar-refractivity contribution in [3.05, 3.63) is 54.1 Å². The molecular formula is C22H28F3IN4O2. The number of hydrogen-bond donors (Lipinski definition) is 2. The van der Waals surface area contributed by atoms with Crippen LogP contribution in [0.4, 0.5) is 18.9 Å². The molecule has 0 spiro atoms. The molecule has 0 radical (unpaired) electrons. The molecule has 2 aromatic carbocycles. The van der Waals surface area contributed by atoms with Crippen molar-refractivity contribution < 1.29 is 22.6 Å². The molecule has 0 amide bonds. The number of alkyl halides is 3. The minimum Gasteiger partial charge on any atom is -0.497 e. The van der Waals surface area contributed by atoms with Crippen LogP contribution in [0.3, 0.4) is 0 Å². The fourth-order valence-electron chi connectivity index (χ4n) is 3.56. The van der Waals surface area contributed by atoms with Gasteiger partial charge in [-0.3, -0.25) is 4.99 Å². The lowest BCUT2D eigenvalue weighted by molar-refractivity contribution is -0.274. The SMILES string of the molecule is CN=C(NCc1ccccc1OC(F)(F)F)NCC1CCN(c2cccc(OC)c2)C1.I. The van der Waals surface area contributed by atoms with Crippen molar-refractivity contribution >= 4 is 35.6 Å². The van der Waals surface area contributed by atoms with Crippen molar-refractivity contribution in [2.24, 2.45) is 10.9 Å². The Morgan fingerprint density at radius 3 is 2.66 bits per heavy atom. The van der Waals surface area contributed by atoms with Crippen molar-refractivity contribution in [1.82, 2.24) is 10.6 Å². The van der Waals surface area contributed by atoms with Crippen LogP contribution in [0.5, 0.6) is 11.5 Å². The summed E-state index contributed by atoms with van der Waals surface area (Å²) in [5, 5.41) is 6.32. The van der Waals surface area contributed by atoms with E-state index in [2.05, 4.69) is 31.3 Å². The molecular weight excluding hydrogens is 536 g/mol. The molecule has 0 aromatic heterocycles. The Bertz CT molecular complexity index is 895. The number of halogens is 4. The minimum absolute atomic E-state index is 0. The highest BCUT2D eigenvalue weighted by atomic mass is 127. The smallest absolute Gasteiger partial charge is 0.497 e. The highest BCUT2D eigenvalue weighted by Crippen LogP contribution is 2.27. The standard InChI is InChI=1S/C22H27F3N4O2.HI/c1-26-21(28-14-17-6-3-4-9-20(17)31-22(23,24)25)27-13-16-10-11-29(15-16)18-7-5-8-19(12-18)30-2;/h3-9,12,16H,10-11,13-15H2,1-2H3,(H2,26,27,28);1H. The maximum atomic E-state index is 12.6. The molecule has 1 heterocycles. The lowest BCUT2D eigenvalue weighted by Gasteiger charge is -2.20. The summed E-state index contributed by atoms with van der Waals surface area (Å²) in [5.74, 6) is 1.56. The number of rotatable bonds is 7. The molecule has 2 N–H and O–H groups in total. The second-order valence-corrected chi connectivity index (χ2v) is 7.26. The molecule has 10 heteroatoms. The number of benzene rings is 2. The Morgan fingerprint density at radius 2 is 1.94 bits per heavy atom. The van der Waals surface area contributed by atoms with Crippen molar-refractivity contribution in [3.63, 3.8) is 0 Å². The Morgan fingerprint density at radius 1 is 1.16 bits per heavy atom. The number of anilines is 1. The second kappa shape index (κ2) is 12.0. The molecule has 32 heavy (non-hydrogen) atoms. The molecule has 0 saturated carbocycles. The number of nitrogens with one attached hydrogen (secondary N) is 2. The van der Waals surface area contributed by atoms with Gasteiger partial charge in [0.15, 0.2) is 5.96 Å². The van der Waals surface area contributed by atoms with Gasteiger partial charge < -0.3 is 25.0 Å². The molecule has 1 saturated heterocycles. The molecule has 3 rings (SSSR count). The summed E-state index contributed by atoms with van der Waals surface area (Å²) in [6.07, 6.45) is -3.70. The van der Waals surface area contributed by atoms with Crippen LogP contribution in [-0.2, 0) is 6.54 Å². The lowest BCUT2D eigenvalue weighted by Crippen LogP contribution is -2.40. The summed E-state index contributed by atoms with van der Waals surface area (Å²) in [7, 11) is 3.28. The first-order valence-corrected chi connectivity index (χ1v) is 10.0. The van der Waals surface area contributed by atoms with E-state index in [1.807, 2.05) is 18.2 Å². The Balaban J connectivity index is 0.00000363. The van der Waals surface area contributed by atoms with Gasteiger partial charge in [-0.25, -0.2) is 0 Å². The molecule has 2 aromatic rings. The van der Waals surface area contributed by atoms with E-state index in [0.717, 1.165) is 30.9 Å². The molecule has 1 aliphatic rings. The molecule has 6 nitrogen and oxygen atoms in total. The number of nitrogens with zero attached hydrogens (tertiary/aromatic N) is 2. The molecule has 176 valence electrons. The van der Waals surface area contributed by atoms with Gasteiger partial charge in [-0.2, -0.15) is 0 Å². The third-order valence-electron chi connectivity index (χ3n) is 5.13. The topological polar surface area (TPSA) is 58.1 Å². The first-order chi connectivity index (χ1) is 14.9. The minimum atomic E-state index is -4.73. The van der Waals surface area contributed by atoms with Crippen LogP contribution < -0.4 is 25.0 Å². The van der Waals surface area contributed by atoms with Crippen molar-refractivity contribution in [2.45, 2.75) is 19.3 Å².